The minimum Gasteiger partial charge on any atom is -0.356 e. The topological polar surface area (TPSA) is 66.7 Å². The molecule has 2 aliphatic rings. The molecule has 0 spiro atoms. The van der Waals surface area contributed by atoms with Crippen molar-refractivity contribution in [2.24, 2.45) is 5.92 Å². The fourth-order valence-electron chi connectivity index (χ4n) is 4.46. The smallest absolute Gasteiger partial charge is 0.267 e. The van der Waals surface area contributed by atoms with Crippen LogP contribution < -0.4 is 15.8 Å². The van der Waals surface area contributed by atoms with E-state index < -0.39 is 0 Å². The zero-order valence-corrected chi connectivity index (χ0v) is 19.9. The summed E-state index contributed by atoms with van der Waals surface area (Å²) in [5.74, 6) is 0.968. The number of anilines is 1. The Morgan fingerprint density at radius 3 is 2.61 bits per heavy atom. The van der Waals surface area contributed by atoms with Gasteiger partial charge in [-0.15, -0.1) is 0 Å². The van der Waals surface area contributed by atoms with E-state index in [0.717, 1.165) is 37.9 Å². The molecular weight excluding hydrogens is 452 g/mol. The maximum absolute atomic E-state index is 13.5. The van der Waals surface area contributed by atoms with Gasteiger partial charge in [0.05, 0.1) is 10.5 Å². The van der Waals surface area contributed by atoms with Crippen LogP contribution in [-0.2, 0) is 11.2 Å². The molecule has 33 heavy (non-hydrogen) atoms. The van der Waals surface area contributed by atoms with Crippen LogP contribution in [-0.4, -0.2) is 32.7 Å². The normalized spacial score (nSPS) is 18.3. The zero-order chi connectivity index (χ0) is 22.9. The molecule has 2 aromatic heterocycles. The molecule has 1 aromatic carbocycles. The number of rotatable bonds is 4. The molecule has 6 nitrogen and oxygen atoms in total. The molecule has 0 aliphatic carbocycles. The van der Waals surface area contributed by atoms with Crippen molar-refractivity contribution in [1.82, 2.24) is 14.7 Å². The van der Waals surface area contributed by atoms with Crippen molar-refractivity contribution >= 4 is 51.7 Å². The van der Waals surface area contributed by atoms with Gasteiger partial charge in [0.2, 0.25) is 0 Å². The minimum absolute atomic E-state index is 0.177. The van der Waals surface area contributed by atoms with Crippen molar-refractivity contribution in [2.45, 2.75) is 26.2 Å². The van der Waals surface area contributed by atoms with Gasteiger partial charge in [0.1, 0.15) is 15.8 Å². The standard InChI is InChI=1S/C25H24N4O2S2/c1-16-7-8-21-26-22(28-11-9-18(10-12-28)13-17-5-3-2-4-6-17)19(24(31)29(21)15-16)14-20-23(30)27-25(32)33-20/h2-8,14-15,18H,9-13H2,1H3,(H,27,30,32). The van der Waals surface area contributed by atoms with Gasteiger partial charge >= 0.3 is 0 Å². The van der Waals surface area contributed by atoms with Crippen molar-refractivity contribution < 1.29 is 4.79 Å². The molecule has 0 unspecified atom stereocenters. The molecule has 168 valence electrons. The molecular formula is C25H24N4O2S2. The summed E-state index contributed by atoms with van der Waals surface area (Å²) in [6.45, 7) is 3.58. The molecule has 0 saturated carbocycles. The van der Waals surface area contributed by atoms with Crippen LogP contribution >= 0.6 is 24.0 Å². The van der Waals surface area contributed by atoms with Gasteiger partial charge in [0.25, 0.3) is 11.5 Å². The second kappa shape index (κ2) is 9.11. The van der Waals surface area contributed by atoms with E-state index >= 15 is 0 Å². The Labute approximate surface area is 201 Å². The summed E-state index contributed by atoms with van der Waals surface area (Å²) in [4.78, 5) is 33.3. The van der Waals surface area contributed by atoms with E-state index in [2.05, 4.69) is 34.5 Å². The minimum atomic E-state index is -0.272. The summed E-state index contributed by atoms with van der Waals surface area (Å²) in [5, 5.41) is 2.63. The molecule has 0 atom stereocenters. The highest BCUT2D eigenvalue weighted by Gasteiger charge is 2.27. The van der Waals surface area contributed by atoms with E-state index in [0.29, 0.717) is 32.2 Å². The molecule has 1 N–H and O–H groups in total. The van der Waals surface area contributed by atoms with Crippen LogP contribution in [0.4, 0.5) is 5.82 Å². The number of amides is 1. The predicted molar refractivity (Wildman–Crippen MR) is 138 cm³/mol. The second-order valence-corrected chi connectivity index (χ2v) is 10.3. The molecule has 2 saturated heterocycles. The number of hydrogen-bond donors (Lipinski definition) is 1. The number of fused-ring (bicyclic) bond motifs is 1. The Hall–Kier alpha value is -2.97. The van der Waals surface area contributed by atoms with E-state index in [-0.39, 0.29) is 11.5 Å². The fraction of sp³-hybridized carbons (Fsp3) is 0.280. The molecule has 5 rings (SSSR count). The molecule has 3 aromatic rings. The molecule has 0 bridgehead atoms. The van der Waals surface area contributed by atoms with Crippen LogP contribution in [0, 0.1) is 12.8 Å². The number of benzene rings is 1. The third kappa shape index (κ3) is 4.58. The lowest BCUT2D eigenvalue weighted by molar-refractivity contribution is -0.115. The second-order valence-electron chi connectivity index (χ2n) is 8.56. The Kier molecular flexibility index (Phi) is 6.03. The van der Waals surface area contributed by atoms with Crippen LogP contribution in [0.2, 0.25) is 0 Å². The highest BCUT2D eigenvalue weighted by atomic mass is 32.2. The first-order chi connectivity index (χ1) is 16.0. The number of pyridine rings is 1. The fourth-order valence-corrected chi connectivity index (χ4v) is 5.49. The van der Waals surface area contributed by atoms with Gasteiger partial charge in [-0.2, -0.15) is 0 Å². The van der Waals surface area contributed by atoms with Crippen molar-refractivity contribution in [3.63, 3.8) is 0 Å². The first-order valence-electron chi connectivity index (χ1n) is 11.0. The maximum atomic E-state index is 13.5. The number of nitrogens with one attached hydrogen (secondary N) is 1. The lowest BCUT2D eigenvalue weighted by Crippen LogP contribution is -2.37. The Balaban J connectivity index is 1.49. The molecule has 1 amide bonds. The van der Waals surface area contributed by atoms with Crippen LogP contribution in [0.1, 0.15) is 29.5 Å². The number of nitrogens with zero attached hydrogens (tertiary/aromatic N) is 3. The molecule has 4 heterocycles. The number of carbonyl (C=O) groups is 1. The van der Waals surface area contributed by atoms with E-state index in [1.54, 1.807) is 16.7 Å². The summed E-state index contributed by atoms with van der Waals surface area (Å²) < 4.78 is 1.96. The Morgan fingerprint density at radius 2 is 1.91 bits per heavy atom. The molecule has 0 radical (unpaired) electrons. The SMILES string of the molecule is Cc1ccc2nc(N3CCC(Cc4ccccc4)CC3)c(C=C3SC(=S)NC3=O)c(=O)n2c1. The summed E-state index contributed by atoms with van der Waals surface area (Å²) in [6, 6.07) is 14.4. The van der Waals surface area contributed by atoms with Gasteiger partial charge < -0.3 is 10.2 Å². The average molecular weight is 477 g/mol. The highest BCUT2D eigenvalue weighted by molar-refractivity contribution is 8.26. The quantitative estimate of drug-likeness (QED) is 0.454. The largest absolute Gasteiger partial charge is 0.356 e. The number of aromatic nitrogens is 2. The van der Waals surface area contributed by atoms with Gasteiger partial charge in [-0.1, -0.05) is 60.4 Å². The summed E-state index contributed by atoms with van der Waals surface area (Å²) in [5.41, 5.74) is 3.19. The first-order valence-corrected chi connectivity index (χ1v) is 12.3. The molecule has 2 fully saturated rings. The maximum Gasteiger partial charge on any atom is 0.267 e. The number of hydrogen-bond acceptors (Lipinski definition) is 6. The summed E-state index contributed by atoms with van der Waals surface area (Å²) >= 11 is 6.30. The monoisotopic (exact) mass is 476 g/mol. The molecule has 8 heteroatoms. The van der Waals surface area contributed by atoms with Crippen molar-refractivity contribution in [3.8, 4) is 0 Å². The average Bonchev–Trinajstić information content (AvgIpc) is 3.13. The predicted octanol–water partition coefficient (Wildman–Crippen LogP) is 3.95. The summed E-state index contributed by atoms with van der Waals surface area (Å²) in [7, 11) is 0. The van der Waals surface area contributed by atoms with Crippen LogP contribution in [0.15, 0.2) is 58.4 Å². The van der Waals surface area contributed by atoms with Gasteiger partial charge in [0.15, 0.2) is 0 Å². The number of thioether (sulfide) groups is 1. The van der Waals surface area contributed by atoms with Crippen LogP contribution in [0.5, 0.6) is 0 Å². The van der Waals surface area contributed by atoms with E-state index in [1.807, 2.05) is 25.1 Å². The van der Waals surface area contributed by atoms with E-state index in [4.69, 9.17) is 17.2 Å². The van der Waals surface area contributed by atoms with E-state index in [1.165, 1.54) is 17.3 Å². The van der Waals surface area contributed by atoms with Crippen LogP contribution in [0.25, 0.3) is 11.7 Å². The van der Waals surface area contributed by atoms with Crippen molar-refractivity contribution in [3.05, 3.63) is 80.6 Å². The van der Waals surface area contributed by atoms with Gasteiger partial charge in [-0.3, -0.25) is 14.0 Å². The Morgan fingerprint density at radius 1 is 1.15 bits per heavy atom. The number of aryl methyl sites for hydroxylation is 1. The lowest BCUT2D eigenvalue weighted by atomic mass is 9.90. The highest BCUT2D eigenvalue weighted by Crippen LogP contribution is 2.30. The van der Waals surface area contributed by atoms with Gasteiger partial charge in [0, 0.05) is 19.3 Å². The number of thiocarbonyl (C=S) groups is 1. The zero-order valence-electron chi connectivity index (χ0n) is 18.3. The number of carbonyl (C=O) groups excluding carboxylic acids is 1. The van der Waals surface area contributed by atoms with Crippen LogP contribution in [0.3, 0.4) is 0 Å². The van der Waals surface area contributed by atoms with Gasteiger partial charge in [-0.25, -0.2) is 4.98 Å². The van der Waals surface area contributed by atoms with E-state index in [9.17, 15) is 9.59 Å². The van der Waals surface area contributed by atoms with Crippen molar-refractivity contribution in [1.29, 1.82) is 0 Å². The Bertz CT molecular complexity index is 1330. The third-order valence-electron chi connectivity index (χ3n) is 6.18. The lowest BCUT2D eigenvalue weighted by Gasteiger charge is -2.33. The van der Waals surface area contributed by atoms with Gasteiger partial charge in [-0.05, 0) is 55.4 Å². The third-order valence-corrected chi connectivity index (χ3v) is 7.35. The first kappa shape index (κ1) is 21.9. The number of piperidine rings is 1. The van der Waals surface area contributed by atoms with Crippen molar-refractivity contribution in [2.75, 3.05) is 18.0 Å². The summed E-state index contributed by atoms with van der Waals surface area (Å²) in [6.07, 6.45) is 6.55. The molecule has 2 aliphatic heterocycles.